The molecule has 4 aromatic rings. The standard InChI is InChI=1S/C30H23FN2O3/c1-17-25(30(35)36-2)26(27-28(32-17)21-11-3-4-12-22(21)29(27)34)23-16-33(24-13-6-5-10-20(23)24)15-18-8-7-9-19(31)14-18/h3-14,16,26,32H,15H2,1-2H3/t26-/m1/s1. The third kappa shape index (κ3) is 3.29. The third-order valence-corrected chi connectivity index (χ3v) is 7.03. The van der Waals surface area contributed by atoms with Gasteiger partial charge < -0.3 is 14.6 Å². The second-order valence-corrected chi connectivity index (χ2v) is 9.11. The Morgan fingerprint density at radius 2 is 1.78 bits per heavy atom. The predicted octanol–water partition coefficient (Wildman–Crippen LogP) is 5.57. The summed E-state index contributed by atoms with van der Waals surface area (Å²) in [6.45, 7) is 2.28. The number of Topliss-reactive ketones (excluding diaryl/α,β-unsaturated/α-hetero) is 1. The number of para-hydroxylation sites is 1. The number of nitrogens with zero attached hydrogens (tertiary/aromatic N) is 1. The number of dihydropyridines is 1. The van der Waals surface area contributed by atoms with Crippen LogP contribution in [0.3, 0.4) is 0 Å². The molecule has 36 heavy (non-hydrogen) atoms. The number of nitrogens with one attached hydrogen (secondary N) is 1. The number of rotatable bonds is 4. The van der Waals surface area contributed by atoms with E-state index in [0.717, 1.165) is 33.3 Å². The van der Waals surface area contributed by atoms with Gasteiger partial charge in [0.15, 0.2) is 5.78 Å². The topological polar surface area (TPSA) is 60.3 Å². The number of carbonyl (C=O) groups excluding carboxylic acids is 2. The van der Waals surface area contributed by atoms with Crippen molar-refractivity contribution < 1.29 is 18.7 Å². The molecule has 0 fully saturated rings. The number of ketones is 1. The van der Waals surface area contributed by atoms with Gasteiger partial charge in [-0.25, -0.2) is 9.18 Å². The molecule has 5 nitrogen and oxygen atoms in total. The van der Waals surface area contributed by atoms with Crippen molar-refractivity contribution in [1.29, 1.82) is 0 Å². The molecule has 1 aliphatic heterocycles. The largest absolute Gasteiger partial charge is 0.466 e. The van der Waals surface area contributed by atoms with Gasteiger partial charge in [-0.05, 0) is 36.2 Å². The zero-order valence-corrected chi connectivity index (χ0v) is 19.8. The highest BCUT2D eigenvalue weighted by molar-refractivity contribution is 6.23. The van der Waals surface area contributed by atoms with E-state index in [2.05, 4.69) is 5.32 Å². The van der Waals surface area contributed by atoms with Gasteiger partial charge in [-0.15, -0.1) is 0 Å². The van der Waals surface area contributed by atoms with Gasteiger partial charge in [0.05, 0.1) is 24.3 Å². The number of allylic oxidation sites excluding steroid dienone is 2. The van der Waals surface area contributed by atoms with E-state index in [1.807, 2.05) is 72.3 Å². The molecule has 0 unspecified atom stereocenters. The van der Waals surface area contributed by atoms with Crippen LogP contribution in [0.5, 0.6) is 0 Å². The number of esters is 1. The lowest BCUT2D eigenvalue weighted by atomic mass is 9.79. The van der Waals surface area contributed by atoms with Gasteiger partial charge >= 0.3 is 5.97 Å². The van der Waals surface area contributed by atoms with Crippen molar-refractivity contribution in [1.82, 2.24) is 9.88 Å². The monoisotopic (exact) mass is 478 g/mol. The van der Waals surface area contributed by atoms with Gasteiger partial charge in [-0.1, -0.05) is 54.6 Å². The minimum Gasteiger partial charge on any atom is -0.466 e. The Hall–Kier alpha value is -4.45. The number of hydrogen-bond acceptors (Lipinski definition) is 4. The summed E-state index contributed by atoms with van der Waals surface area (Å²) in [6, 6.07) is 21.9. The summed E-state index contributed by atoms with van der Waals surface area (Å²) < 4.78 is 21.1. The van der Waals surface area contributed by atoms with Crippen LogP contribution >= 0.6 is 0 Å². The summed E-state index contributed by atoms with van der Waals surface area (Å²) in [5.74, 6) is -1.50. The lowest BCUT2D eigenvalue weighted by molar-refractivity contribution is -0.136. The second-order valence-electron chi connectivity index (χ2n) is 9.11. The molecule has 6 rings (SSSR count). The number of halogens is 1. The fourth-order valence-electron chi connectivity index (χ4n) is 5.49. The van der Waals surface area contributed by atoms with Crippen molar-refractivity contribution in [3.63, 3.8) is 0 Å². The number of aromatic nitrogens is 1. The summed E-state index contributed by atoms with van der Waals surface area (Å²) in [6.07, 6.45) is 1.97. The maximum Gasteiger partial charge on any atom is 0.336 e. The molecule has 1 aliphatic carbocycles. The van der Waals surface area contributed by atoms with Crippen LogP contribution < -0.4 is 5.32 Å². The summed E-state index contributed by atoms with van der Waals surface area (Å²) >= 11 is 0. The quantitative estimate of drug-likeness (QED) is 0.390. The average Bonchev–Trinajstić information content (AvgIpc) is 3.38. The first kappa shape index (κ1) is 22.0. The molecule has 0 saturated heterocycles. The van der Waals surface area contributed by atoms with Crippen molar-refractivity contribution in [2.75, 3.05) is 7.11 Å². The smallest absolute Gasteiger partial charge is 0.336 e. The highest BCUT2D eigenvalue weighted by atomic mass is 19.1. The third-order valence-electron chi connectivity index (χ3n) is 7.03. The van der Waals surface area contributed by atoms with Crippen molar-refractivity contribution in [3.8, 4) is 0 Å². The molecular weight excluding hydrogens is 455 g/mol. The molecule has 0 amide bonds. The molecule has 0 radical (unpaired) electrons. The Balaban J connectivity index is 1.58. The Bertz CT molecular complexity index is 1640. The van der Waals surface area contributed by atoms with E-state index in [-0.39, 0.29) is 11.6 Å². The van der Waals surface area contributed by atoms with E-state index in [9.17, 15) is 14.0 Å². The molecule has 3 aromatic carbocycles. The van der Waals surface area contributed by atoms with E-state index in [0.29, 0.717) is 29.0 Å². The summed E-state index contributed by atoms with van der Waals surface area (Å²) in [5.41, 5.74) is 6.35. The molecule has 1 N–H and O–H groups in total. The van der Waals surface area contributed by atoms with Crippen LogP contribution in [0.1, 0.15) is 39.9 Å². The van der Waals surface area contributed by atoms with Crippen molar-refractivity contribution in [2.24, 2.45) is 0 Å². The number of ether oxygens (including phenoxy) is 1. The van der Waals surface area contributed by atoms with E-state index in [1.165, 1.54) is 19.2 Å². The molecule has 2 aliphatic rings. The van der Waals surface area contributed by atoms with Gasteiger partial charge in [0.1, 0.15) is 5.82 Å². The van der Waals surface area contributed by atoms with Crippen molar-refractivity contribution in [2.45, 2.75) is 19.4 Å². The molecular formula is C30H23FN2O3. The molecule has 1 aromatic heterocycles. The zero-order valence-electron chi connectivity index (χ0n) is 19.8. The van der Waals surface area contributed by atoms with Gasteiger partial charge in [0.2, 0.25) is 0 Å². The first-order valence-electron chi connectivity index (χ1n) is 11.7. The van der Waals surface area contributed by atoms with Crippen LogP contribution in [0.25, 0.3) is 16.6 Å². The summed E-state index contributed by atoms with van der Waals surface area (Å²) in [5, 5.41) is 4.24. The van der Waals surface area contributed by atoms with Crippen molar-refractivity contribution in [3.05, 3.63) is 124 Å². The molecule has 6 heteroatoms. The number of hydrogen-bond donors (Lipinski definition) is 1. The molecule has 178 valence electrons. The molecule has 1 atom stereocenters. The zero-order chi connectivity index (χ0) is 25.0. The highest BCUT2D eigenvalue weighted by Crippen LogP contribution is 2.48. The highest BCUT2D eigenvalue weighted by Gasteiger charge is 2.43. The van der Waals surface area contributed by atoms with Gasteiger partial charge in [-0.2, -0.15) is 0 Å². The van der Waals surface area contributed by atoms with Crippen LogP contribution in [-0.2, 0) is 16.1 Å². The number of methoxy groups -OCH3 is 1. The Morgan fingerprint density at radius 1 is 1.03 bits per heavy atom. The second kappa shape index (κ2) is 8.34. The van der Waals surface area contributed by atoms with Crippen LogP contribution in [-0.4, -0.2) is 23.4 Å². The maximum absolute atomic E-state index is 13.9. The van der Waals surface area contributed by atoms with E-state index in [1.54, 1.807) is 6.07 Å². The lowest BCUT2D eigenvalue weighted by Crippen LogP contribution is -2.29. The van der Waals surface area contributed by atoms with Crippen LogP contribution in [0, 0.1) is 5.82 Å². The summed E-state index contributed by atoms with van der Waals surface area (Å²) in [4.78, 5) is 26.8. The lowest BCUT2D eigenvalue weighted by Gasteiger charge is -2.28. The number of benzene rings is 3. The van der Waals surface area contributed by atoms with Crippen LogP contribution in [0.4, 0.5) is 4.39 Å². The van der Waals surface area contributed by atoms with E-state index >= 15 is 0 Å². The normalized spacial score (nSPS) is 16.8. The van der Waals surface area contributed by atoms with Crippen LogP contribution in [0.2, 0.25) is 0 Å². The molecule has 0 bridgehead atoms. The van der Waals surface area contributed by atoms with E-state index in [4.69, 9.17) is 4.74 Å². The maximum atomic E-state index is 13.9. The van der Waals surface area contributed by atoms with Gasteiger partial charge in [-0.3, -0.25) is 4.79 Å². The van der Waals surface area contributed by atoms with Crippen LogP contribution in [0.15, 0.2) is 95.8 Å². The minimum absolute atomic E-state index is 0.103. The van der Waals surface area contributed by atoms with E-state index < -0.39 is 11.9 Å². The Kier molecular flexibility index (Phi) is 5.11. The number of fused-ring (bicyclic) bond motifs is 3. The molecule has 0 saturated carbocycles. The predicted molar refractivity (Wildman–Crippen MR) is 136 cm³/mol. The Labute approximate surface area is 207 Å². The fraction of sp³-hybridized carbons (Fsp3) is 0.133. The molecule has 0 spiro atoms. The van der Waals surface area contributed by atoms with Crippen molar-refractivity contribution >= 4 is 28.4 Å². The van der Waals surface area contributed by atoms with Gasteiger partial charge in [0, 0.05) is 46.0 Å². The Morgan fingerprint density at radius 3 is 2.56 bits per heavy atom. The average molecular weight is 479 g/mol. The first-order valence-corrected chi connectivity index (χ1v) is 11.7. The molecule has 2 heterocycles. The first-order chi connectivity index (χ1) is 17.5. The number of carbonyl (C=O) groups is 2. The van der Waals surface area contributed by atoms with Gasteiger partial charge in [0.25, 0.3) is 0 Å². The fourth-order valence-corrected chi connectivity index (χ4v) is 5.49. The SMILES string of the molecule is COC(=O)C1=C(C)NC2=C(C(=O)c3ccccc32)[C@@H]1c1cn(Cc2cccc(F)c2)c2ccccc12. The summed E-state index contributed by atoms with van der Waals surface area (Å²) in [7, 11) is 1.35. The minimum atomic E-state index is -0.618.